The van der Waals surface area contributed by atoms with Crippen LogP contribution in [0.15, 0.2) is 67.0 Å². The standard InChI is InChI=1S/C20H12ClF2N3O/c21-14-3-1-2-13(8-14)20(27)24-15-5-7-19-25-18(11-26(19)10-15)12-4-6-16(22)17(23)9-12/h1-11H,(H,24,27). The minimum atomic E-state index is -0.931. The number of pyridine rings is 1. The number of halogens is 3. The maximum atomic E-state index is 13.5. The van der Waals surface area contributed by atoms with Crippen molar-refractivity contribution in [3.63, 3.8) is 0 Å². The molecule has 2 aromatic carbocycles. The van der Waals surface area contributed by atoms with Gasteiger partial charge in [0.1, 0.15) is 5.65 Å². The normalized spacial score (nSPS) is 10.9. The summed E-state index contributed by atoms with van der Waals surface area (Å²) in [6, 6.07) is 13.7. The van der Waals surface area contributed by atoms with Crippen molar-refractivity contribution in [1.29, 1.82) is 0 Å². The number of anilines is 1. The van der Waals surface area contributed by atoms with Crippen molar-refractivity contribution in [2.45, 2.75) is 0 Å². The van der Waals surface area contributed by atoms with Crippen LogP contribution in [-0.4, -0.2) is 15.3 Å². The molecule has 7 heteroatoms. The molecule has 4 nitrogen and oxygen atoms in total. The van der Waals surface area contributed by atoms with E-state index in [0.29, 0.717) is 33.2 Å². The number of nitrogens with one attached hydrogen (secondary N) is 1. The highest BCUT2D eigenvalue weighted by Gasteiger charge is 2.10. The summed E-state index contributed by atoms with van der Waals surface area (Å²) in [5.41, 5.74) is 2.56. The Kier molecular flexibility index (Phi) is 4.33. The Balaban J connectivity index is 1.62. The summed E-state index contributed by atoms with van der Waals surface area (Å²) in [5, 5.41) is 3.26. The fourth-order valence-corrected chi connectivity index (χ4v) is 2.88. The Morgan fingerprint density at radius 1 is 1.00 bits per heavy atom. The van der Waals surface area contributed by atoms with Gasteiger partial charge in [0.25, 0.3) is 5.91 Å². The molecule has 4 aromatic rings. The van der Waals surface area contributed by atoms with Crippen LogP contribution in [0.25, 0.3) is 16.9 Å². The second-order valence-electron chi connectivity index (χ2n) is 5.90. The average molecular weight is 384 g/mol. The fourth-order valence-electron chi connectivity index (χ4n) is 2.69. The third-order valence-corrected chi connectivity index (χ3v) is 4.25. The molecule has 2 aromatic heterocycles. The summed E-state index contributed by atoms with van der Waals surface area (Å²) in [6.07, 6.45) is 3.37. The van der Waals surface area contributed by atoms with E-state index in [1.54, 1.807) is 53.2 Å². The molecular weight excluding hydrogens is 372 g/mol. The molecule has 27 heavy (non-hydrogen) atoms. The molecule has 0 aliphatic heterocycles. The highest BCUT2D eigenvalue weighted by molar-refractivity contribution is 6.31. The lowest BCUT2D eigenvalue weighted by Crippen LogP contribution is -2.12. The zero-order valence-electron chi connectivity index (χ0n) is 13.8. The quantitative estimate of drug-likeness (QED) is 0.529. The minimum absolute atomic E-state index is 0.294. The molecule has 0 aliphatic carbocycles. The number of aromatic nitrogens is 2. The largest absolute Gasteiger partial charge is 0.321 e. The van der Waals surface area contributed by atoms with Gasteiger partial charge in [-0.1, -0.05) is 17.7 Å². The molecule has 0 saturated heterocycles. The van der Waals surface area contributed by atoms with Gasteiger partial charge in [-0.15, -0.1) is 0 Å². The van der Waals surface area contributed by atoms with Gasteiger partial charge in [-0.3, -0.25) is 4.79 Å². The molecular formula is C20H12ClF2N3O. The van der Waals surface area contributed by atoms with Crippen molar-refractivity contribution in [3.8, 4) is 11.3 Å². The van der Waals surface area contributed by atoms with E-state index in [4.69, 9.17) is 11.6 Å². The highest BCUT2D eigenvalue weighted by atomic mass is 35.5. The molecule has 0 fully saturated rings. The van der Waals surface area contributed by atoms with Crippen molar-refractivity contribution in [2.75, 3.05) is 5.32 Å². The topological polar surface area (TPSA) is 46.4 Å². The lowest BCUT2D eigenvalue weighted by atomic mass is 10.1. The van der Waals surface area contributed by atoms with Crippen LogP contribution in [-0.2, 0) is 0 Å². The maximum Gasteiger partial charge on any atom is 0.255 e. The molecule has 0 atom stereocenters. The van der Waals surface area contributed by atoms with Gasteiger partial charge in [0, 0.05) is 28.5 Å². The number of carbonyl (C=O) groups is 1. The first-order valence-corrected chi connectivity index (χ1v) is 8.38. The van der Waals surface area contributed by atoms with Crippen molar-refractivity contribution in [1.82, 2.24) is 9.38 Å². The van der Waals surface area contributed by atoms with E-state index in [0.717, 1.165) is 12.1 Å². The molecule has 0 aliphatic rings. The number of rotatable bonds is 3. The summed E-state index contributed by atoms with van der Waals surface area (Å²) >= 11 is 5.91. The maximum absolute atomic E-state index is 13.5. The molecule has 0 radical (unpaired) electrons. The van der Waals surface area contributed by atoms with Gasteiger partial charge >= 0.3 is 0 Å². The van der Waals surface area contributed by atoms with Gasteiger partial charge in [-0.2, -0.15) is 0 Å². The van der Waals surface area contributed by atoms with Crippen molar-refractivity contribution >= 4 is 28.8 Å². The fraction of sp³-hybridized carbons (Fsp3) is 0. The lowest BCUT2D eigenvalue weighted by molar-refractivity contribution is 0.102. The van der Waals surface area contributed by atoms with Gasteiger partial charge in [-0.05, 0) is 48.5 Å². The molecule has 0 unspecified atom stereocenters. The monoisotopic (exact) mass is 383 g/mol. The molecule has 1 N–H and O–H groups in total. The third kappa shape index (κ3) is 3.52. The van der Waals surface area contributed by atoms with Crippen LogP contribution in [0.5, 0.6) is 0 Å². The Hall–Kier alpha value is -3.25. The number of imidazole rings is 1. The van der Waals surface area contributed by atoms with Gasteiger partial charge in [0.15, 0.2) is 11.6 Å². The number of nitrogens with zero attached hydrogens (tertiary/aromatic N) is 2. The first-order valence-electron chi connectivity index (χ1n) is 8.01. The van der Waals surface area contributed by atoms with Crippen molar-refractivity contribution in [2.24, 2.45) is 0 Å². The van der Waals surface area contributed by atoms with E-state index in [2.05, 4.69) is 10.3 Å². The number of hydrogen-bond donors (Lipinski definition) is 1. The molecule has 0 saturated carbocycles. The second kappa shape index (κ2) is 6.81. The summed E-state index contributed by atoms with van der Waals surface area (Å²) < 4.78 is 28.3. The van der Waals surface area contributed by atoms with Crippen LogP contribution in [0.4, 0.5) is 14.5 Å². The number of benzene rings is 2. The first-order chi connectivity index (χ1) is 13.0. The number of carbonyl (C=O) groups excluding carboxylic acids is 1. The van der Waals surface area contributed by atoms with Gasteiger partial charge < -0.3 is 9.72 Å². The Morgan fingerprint density at radius 3 is 2.63 bits per heavy atom. The molecule has 4 rings (SSSR count). The SMILES string of the molecule is O=C(Nc1ccc2nc(-c3ccc(F)c(F)c3)cn2c1)c1cccc(Cl)c1. The first kappa shape index (κ1) is 17.2. The van der Waals surface area contributed by atoms with Crippen LogP contribution in [0.3, 0.4) is 0 Å². The van der Waals surface area contributed by atoms with E-state index >= 15 is 0 Å². The predicted molar refractivity (Wildman–Crippen MR) is 99.9 cm³/mol. The minimum Gasteiger partial charge on any atom is -0.321 e. The molecule has 0 bridgehead atoms. The number of amides is 1. The summed E-state index contributed by atoms with van der Waals surface area (Å²) in [7, 11) is 0. The van der Waals surface area contributed by atoms with Gasteiger partial charge in [0.2, 0.25) is 0 Å². The molecule has 2 heterocycles. The summed E-state index contributed by atoms with van der Waals surface area (Å²) in [6.45, 7) is 0. The van der Waals surface area contributed by atoms with Gasteiger partial charge in [0.05, 0.1) is 11.4 Å². The Bertz CT molecular complexity index is 1170. The van der Waals surface area contributed by atoms with Crippen molar-refractivity contribution < 1.29 is 13.6 Å². The van der Waals surface area contributed by atoms with E-state index in [1.807, 2.05) is 0 Å². The lowest BCUT2D eigenvalue weighted by Gasteiger charge is -2.06. The zero-order valence-corrected chi connectivity index (χ0v) is 14.5. The van der Waals surface area contributed by atoms with Crippen LogP contribution >= 0.6 is 11.6 Å². The number of hydrogen-bond acceptors (Lipinski definition) is 2. The van der Waals surface area contributed by atoms with Crippen molar-refractivity contribution in [3.05, 3.63) is 89.2 Å². The van der Waals surface area contributed by atoms with E-state index in [1.165, 1.54) is 6.07 Å². The van der Waals surface area contributed by atoms with E-state index < -0.39 is 11.6 Å². The summed E-state index contributed by atoms with van der Waals surface area (Å²) in [5.74, 6) is -2.13. The number of fused-ring (bicyclic) bond motifs is 1. The Morgan fingerprint density at radius 2 is 1.85 bits per heavy atom. The molecule has 1 amide bonds. The molecule has 134 valence electrons. The van der Waals surface area contributed by atoms with Crippen LogP contribution in [0.2, 0.25) is 5.02 Å². The summed E-state index contributed by atoms with van der Waals surface area (Å²) in [4.78, 5) is 16.7. The highest BCUT2D eigenvalue weighted by Crippen LogP contribution is 2.22. The second-order valence-corrected chi connectivity index (χ2v) is 6.34. The van der Waals surface area contributed by atoms with E-state index in [-0.39, 0.29) is 5.91 Å². The molecule has 0 spiro atoms. The van der Waals surface area contributed by atoms with Crippen LogP contribution < -0.4 is 5.32 Å². The predicted octanol–water partition coefficient (Wildman–Crippen LogP) is 5.19. The third-order valence-electron chi connectivity index (χ3n) is 4.01. The van der Waals surface area contributed by atoms with E-state index in [9.17, 15) is 13.6 Å². The van der Waals surface area contributed by atoms with Gasteiger partial charge in [-0.25, -0.2) is 13.8 Å². The average Bonchev–Trinajstić information content (AvgIpc) is 3.07. The zero-order chi connectivity index (χ0) is 19.0. The van der Waals surface area contributed by atoms with Crippen LogP contribution in [0.1, 0.15) is 10.4 Å². The Labute approximate surface area is 158 Å². The van der Waals surface area contributed by atoms with Crippen LogP contribution in [0, 0.1) is 11.6 Å². The smallest absolute Gasteiger partial charge is 0.255 e.